The third-order valence-corrected chi connectivity index (χ3v) is 6.85. The average Bonchev–Trinajstić information content (AvgIpc) is 2.77. The van der Waals surface area contributed by atoms with Crippen molar-refractivity contribution in [3.05, 3.63) is 30.3 Å². The molecule has 0 saturated carbocycles. The lowest BCUT2D eigenvalue weighted by molar-refractivity contribution is -0.929. The summed E-state index contributed by atoms with van der Waals surface area (Å²) in [5.74, 6) is 0. The molecule has 5 heteroatoms. The van der Waals surface area contributed by atoms with Gasteiger partial charge in [-0.25, -0.2) is 0 Å². The van der Waals surface area contributed by atoms with Gasteiger partial charge in [-0.3, -0.25) is 4.55 Å². The Morgan fingerprint density at radius 1 is 0.613 bits per heavy atom. The number of unbranched alkanes of at least 4 members (excludes halogenated alkanes) is 8. The van der Waals surface area contributed by atoms with Gasteiger partial charge in [-0.2, -0.15) is 8.42 Å². The van der Waals surface area contributed by atoms with E-state index in [0.29, 0.717) is 0 Å². The summed E-state index contributed by atoms with van der Waals surface area (Å²) in [5, 5.41) is 0. The predicted octanol–water partition coefficient (Wildman–Crippen LogP) is 7.50. The zero-order valence-corrected chi connectivity index (χ0v) is 21.6. The Labute approximate surface area is 193 Å². The van der Waals surface area contributed by atoms with Crippen LogP contribution >= 0.6 is 0 Å². The largest absolute Gasteiger partial charge is 0.324 e. The van der Waals surface area contributed by atoms with E-state index in [4.69, 9.17) is 4.55 Å². The molecule has 0 aliphatic heterocycles. The minimum Gasteiger partial charge on any atom is -0.324 e. The summed E-state index contributed by atoms with van der Waals surface area (Å²) in [4.78, 5) is -0.0741. The molecule has 182 valence electrons. The van der Waals surface area contributed by atoms with Gasteiger partial charge in [0, 0.05) is 0 Å². The molecule has 0 saturated heterocycles. The molecule has 1 aromatic carbocycles. The first-order valence-corrected chi connectivity index (χ1v) is 14.2. The first kappa shape index (κ1) is 30.1. The van der Waals surface area contributed by atoms with Crippen LogP contribution < -0.4 is 0 Å². The van der Waals surface area contributed by atoms with Gasteiger partial charge in [0.25, 0.3) is 10.1 Å². The number of quaternary nitrogens is 1. The lowest BCUT2D eigenvalue weighted by Gasteiger charge is -2.39. The van der Waals surface area contributed by atoms with E-state index in [1.54, 1.807) is 18.2 Å². The molecule has 0 aliphatic rings. The van der Waals surface area contributed by atoms with Crippen molar-refractivity contribution < 1.29 is 17.5 Å². The molecule has 0 fully saturated rings. The van der Waals surface area contributed by atoms with Crippen molar-refractivity contribution in [3.63, 3.8) is 0 Å². The highest BCUT2D eigenvalue weighted by Gasteiger charge is 2.24. The van der Waals surface area contributed by atoms with Crippen molar-refractivity contribution in [1.29, 1.82) is 0 Å². The second-order valence-electron chi connectivity index (χ2n) is 8.85. The van der Waals surface area contributed by atoms with Gasteiger partial charge < -0.3 is 4.48 Å². The Kier molecular flexibility index (Phi) is 18.1. The molecule has 0 aromatic heterocycles. The predicted molar refractivity (Wildman–Crippen MR) is 134 cm³/mol. The smallest absolute Gasteiger partial charge is 0.294 e. The quantitative estimate of drug-likeness (QED) is 0.150. The van der Waals surface area contributed by atoms with Crippen molar-refractivity contribution in [3.8, 4) is 0 Å². The molecular weight excluding hydrogens is 406 g/mol. The molecule has 0 spiro atoms. The fourth-order valence-electron chi connectivity index (χ4n) is 3.97. The maximum atomic E-state index is 10.4. The summed E-state index contributed by atoms with van der Waals surface area (Å²) >= 11 is 0. The van der Waals surface area contributed by atoms with Gasteiger partial charge in [0.1, 0.15) is 0 Å². The monoisotopic (exact) mass is 456 g/mol. The van der Waals surface area contributed by atoms with Gasteiger partial charge >= 0.3 is 0 Å². The van der Waals surface area contributed by atoms with Crippen LogP contribution in [0.25, 0.3) is 0 Å². The molecule has 1 N–H and O–H groups in total. The standard InChI is InChI=1S/C20H44N.C6H6O3S/c1-5-9-13-14-15-16-20-21(17-10-6-2,18-11-7-3)19-12-8-4;7-10(8,9)6-4-2-1-3-5-6/h5-20H2,1-4H3;1-5H,(H,7,8,9)/q+1;. The highest BCUT2D eigenvalue weighted by molar-refractivity contribution is 7.85. The van der Waals surface area contributed by atoms with Crippen molar-refractivity contribution in [2.24, 2.45) is 0 Å². The third-order valence-electron chi connectivity index (χ3n) is 5.99. The summed E-state index contributed by atoms with van der Waals surface area (Å²) in [7, 11) is -4.00. The molecule has 0 bridgehead atoms. The van der Waals surface area contributed by atoms with Crippen LogP contribution in [0.5, 0.6) is 0 Å². The van der Waals surface area contributed by atoms with Crippen LogP contribution in [0.4, 0.5) is 0 Å². The van der Waals surface area contributed by atoms with Crippen LogP contribution in [0.1, 0.15) is 105 Å². The van der Waals surface area contributed by atoms with E-state index in [1.165, 1.54) is 120 Å². The zero-order valence-electron chi connectivity index (χ0n) is 20.8. The highest BCUT2D eigenvalue weighted by Crippen LogP contribution is 2.17. The first-order valence-electron chi connectivity index (χ1n) is 12.7. The van der Waals surface area contributed by atoms with Crippen molar-refractivity contribution in [2.75, 3.05) is 26.2 Å². The zero-order chi connectivity index (χ0) is 23.4. The Morgan fingerprint density at radius 2 is 1.00 bits per heavy atom. The molecule has 31 heavy (non-hydrogen) atoms. The van der Waals surface area contributed by atoms with E-state index in [1.807, 2.05) is 0 Å². The minimum absolute atomic E-state index is 0.0741. The van der Waals surface area contributed by atoms with E-state index < -0.39 is 10.1 Å². The Hall–Kier alpha value is -0.910. The topological polar surface area (TPSA) is 54.4 Å². The maximum Gasteiger partial charge on any atom is 0.294 e. The molecule has 4 nitrogen and oxygen atoms in total. The molecule has 0 amide bonds. The Morgan fingerprint density at radius 3 is 1.39 bits per heavy atom. The van der Waals surface area contributed by atoms with Crippen LogP contribution in [0.3, 0.4) is 0 Å². The molecule has 0 heterocycles. The highest BCUT2D eigenvalue weighted by atomic mass is 32.2. The maximum absolute atomic E-state index is 10.4. The van der Waals surface area contributed by atoms with Crippen LogP contribution in [0.2, 0.25) is 0 Å². The number of hydrogen-bond acceptors (Lipinski definition) is 2. The van der Waals surface area contributed by atoms with Gasteiger partial charge in [-0.15, -0.1) is 0 Å². The first-order chi connectivity index (χ1) is 14.8. The summed E-state index contributed by atoms with van der Waals surface area (Å²) in [6.07, 6.45) is 17.0. The van der Waals surface area contributed by atoms with E-state index in [2.05, 4.69) is 27.7 Å². The van der Waals surface area contributed by atoms with Crippen LogP contribution in [0.15, 0.2) is 35.2 Å². The second-order valence-corrected chi connectivity index (χ2v) is 10.3. The van der Waals surface area contributed by atoms with Gasteiger partial charge in [0.05, 0.1) is 31.1 Å². The molecule has 0 atom stereocenters. The fraction of sp³-hybridized carbons (Fsp3) is 0.769. The number of nitrogens with zero attached hydrogens (tertiary/aromatic N) is 1. The Balaban J connectivity index is 0.000000743. The second kappa shape index (κ2) is 18.6. The minimum atomic E-state index is -4.00. The lowest BCUT2D eigenvalue weighted by atomic mass is 10.1. The normalized spacial score (nSPS) is 11.8. The van der Waals surface area contributed by atoms with Gasteiger partial charge in [0.2, 0.25) is 0 Å². The SMILES string of the molecule is CCCCCCCC[N+](CCCC)(CCCC)CCCC.O=S(=O)(O)c1ccccc1. The summed E-state index contributed by atoms with van der Waals surface area (Å²) in [5.41, 5.74) is 0. The number of benzene rings is 1. The molecule has 0 aliphatic carbocycles. The van der Waals surface area contributed by atoms with Crippen LogP contribution in [0, 0.1) is 0 Å². The fourth-order valence-corrected chi connectivity index (χ4v) is 4.47. The molecule has 1 aromatic rings. The summed E-state index contributed by atoms with van der Waals surface area (Å²) in [6.45, 7) is 15.1. The molecule has 1 rings (SSSR count). The van der Waals surface area contributed by atoms with Crippen LogP contribution in [-0.2, 0) is 10.1 Å². The lowest BCUT2D eigenvalue weighted by Crippen LogP contribution is -2.50. The summed E-state index contributed by atoms with van der Waals surface area (Å²) < 4.78 is 30.7. The van der Waals surface area contributed by atoms with Crippen molar-refractivity contribution in [1.82, 2.24) is 0 Å². The van der Waals surface area contributed by atoms with Gasteiger partial charge in [-0.05, 0) is 44.2 Å². The van der Waals surface area contributed by atoms with Gasteiger partial charge in [0.15, 0.2) is 0 Å². The van der Waals surface area contributed by atoms with E-state index >= 15 is 0 Å². The average molecular weight is 457 g/mol. The molecule has 0 radical (unpaired) electrons. The molecular formula is C26H50NO3S+. The van der Waals surface area contributed by atoms with Crippen molar-refractivity contribution >= 4 is 10.1 Å². The van der Waals surface area contributed by atoms with E-state index in [0.717, 1.165) is 0 Å². The Bertz CT molecular complexity index is 595. The summed E-state index contributed by atoms with van der Waals surface area (Å²) in [6, 6.07) is 7.42. The molecule has 0 unspecified atom stereocenters. The van der Waals surface area contributed by atoms with E-state index in [9.17, 15) is 8.42 Å². The number of hydrogen-bond donors (Lipinski definition) is 1. The third kappa shape index (κ3) is 15.5. The van der Waals surface area contributed by atoms with E-state index in [-0.39, 0.29) is 4.90 Å². The van der Waals surface area contributed by atoms with Crippen LogP contribution in [-0.4, -0.2) is 43.6 Å². The van der Waals surface area contributed by atoms with Crippen molar-refractivity contribution in [2.45, 2.75) is 110 Å². The number of rotatable bonds is 17. The van der Waals surface area contributed by atoms with Gasteiger partial charge in [-0.1, -0.05) is 90.8 Å².